The van der Waals surface area contributed by atoms with Crippen molar-refractivity contribution < 1.29 is 14.7 Å². The third kappa shape index (κ3) is 3.16. The molecule has 0 amide bonds. The van der Waals surface area contributed by atoms with Crippen molar-refractivity contribution in [2.75, 3.05) is 0 Å². The van der Waals surface area contributed by atoms with Gasteiger partial charge in [0.05, 0.1) is 10.3 Å². The number of carboxylic acid groups (broad SMARTS) is 1. The van der Waals surface area contributed by atoms with Gasteiger partial charge in [-0.2, -0.15) is 0 Å². The summed E-state index contributed by atoms with van der Waals surface area (Å²) in [7, 11) is 0. The van der Waals surface area contributed by atoms with Crippen LogP contribution in [0.2, 0.25) is 0 Å². The zero-order valence-electron chi connectivity index (χ0n) is 8.82. The number of aliphatic carboxylic acids is 1. The minimum Gasteiger partial charge on any atom is -0.481 e. The number of ketones is 1. The number of rotatable bonds is 5. The number of carbonyl (C=O) groups excluding carboxylic acids is 1. The first-order chi connectivity index (χ1) is 6.93. The lowest BCUT2D eigenvalue weighted by Crippen LogP contribution is -2.24. The van der Waals surface area contributed by atoms with E-state index in [2.05, 4.69) is 0 Å². The van der Waals surface area contributed by atoms with E-state index < -0.39 is 11.4 Å². The van der Waals surface area contributed by atoms with Crippen LogP contribution in [-0.2, 0) is 4.79 Å². The molecule has 15 heavy (non-hydrogen) atoms. The molecule has 1 heterocycles. The minimum absolute atomic E-state index is 0.0272. The summed E-state index contributed by atoms with van der Waals surface area (Å²) in [6.45, 7) is 3.27. The van der Waals surface area contributed by atoms with Gasteiger partial charge in [0.1, 0.15) is 0 Å². The molecule has 0 atom stereocenters. The molecule has 3 nitrogen and oxygen atoms in total. The zero-order valence-corrected chi connectivity index (χ0v) is 9.63. The monoisotopic (exact) mass is 226 g/mol. The highest BCUT2D eigenvalue weighted by Crippen LogP contribution is 2.24. The van der Waals surface area contributed by atoms with Gasteiger partial charge in [0.25, 0.3) is 0 Å². The van der Waals surface area contributed by atoms with Crippen molar-refractivity contribution >= 4 is 23.1 Å². The summed E-state index contributed by atoms with van der Waals surface area (Å²) >= 11 is 1.39. The molecular formula is C11H14O3S. The summed E-state index contributed by atoms with van der Waals surface area (Å²) in [5.74, 6) is -0.833. The second kappa shape index (κ2) is 4.57. The van der Waals surface area contributed by atoms with E-state index in [1.165, 1.54) is 11.3 Å². The third-order valence-electron chi connectivity index (χ3n) is 2.35. The van der Waals surface area contributed by atoms with Crippen LogP contribution in [0, 0.1) is 5.41 Å². The number of hydrogen-bond acceptors (Lipinski definition) is 3. The lowest BCUT2D eigenvalue weighted by Gasteiger charge is -2.17. The van der Waals surface area contributed by atoms with Crippen LogP contribution in [0.1, 0.15) is 36.4 Å². The van der Waals surface area contributed by atoms with Gasteiger partial charge in [-0.25, -0.2) is 0 Å². The van der Waals surface area contributed by atoms with Crippen molar-refractivity contribution in [1.82, 2.24) is 0 Å². The highest BCUT2D eigenvalue weighted by atomic mass is 32.1. The first-order valence-corrected chi connectivity index (χ1v) is 5.61. The van der Waals surface area contributed by atoms with Gasteiger partial charge in [-0.05, 0) is 31.7 Å². The minimum atomic E-state index is -0.860. The van der Waals surface area contributed by atoms with Gasteiger partial charge >= 0.3 is 5.97 Å². The van der Waals surface area contributed by atoms with E-state index in [1.807, 2.05) is 11.4 Å². The lowest BCUT2D eigenvalue weighted by molar-refractivity contribution is -0.147. The van der Waals surface area contributed by atoms with Gasteiger partial charge in [0.15, 0.2) is 5.78 Å². The van der Waals surface area contributed by atoms with Crippen LogP contribution in [0.4, 0.5) is 0 Å². The molecule has 0 fully saturated rings. The van der Waals surface area contributed by atoms with Gasteiger partial charge in [0, 0.05) is 6.42 Å². The molecule has 0 aromatic carbocycles. The molecule has 0 bridgehead atoms. The molecule has 0 aliphatic heterocycles. The molecule has 0 saturated heterocycles. The molecule has 0 aliphatic carbocycles. The normalized spacial score (nSPS) is 11.3. The van der Waals surface area contributed by atoms with Crippen LogP contribution in [0.3, 0.4) is 0 Å². The molecular weight excluding hydrogens is 212 g/mol. The Morgan fingerprint density at radius 2 is 2.13 bits per heavy atom. The predicted octanol–water partition coefficient (Wildman–Crippen LogP) is 2.82. The number of Topliss-reactive ketones (excluding diaryl/α,β-unsaturated/α-hetero) is 1. The van der Waals surface area contributed by atoms with Gasteiger partial charge in [-0.1, -0.05) is 6.07 Å². The van der Waals surface area contributed by atoms with E-state index in [1.54, 1.807) is 19.9 Å². The van der Waals surface area contributed by atoms with E-state index in [0.29, 0.717) is 17.7 Å². The topological polar surface area (TPSA) is 54.4 Å². The molecule has 0 spiro atoms. The van der Waals surface area contributed by atoms with Crippen molar-refractivity contribution in [3.8, 4) is 0 Å². The second-order valence-corrected chi connectivity index (χ2v) is 5.04. The molecule has 82 valence electrons. The van der Waals surface area contributed by atoms with Crippen LogP contribution in [0.25, 0.3) is 0 Å². The van der Waals surface area contributed by atoms with E-state index in [9.17, 15) is 9.59 Å². The Morgan fingerprint density at radius 3 is 2.60 bits per heavy atom. The van der Waals surface area contributed by atoms with Crippen LogP contribution in [-0.4, -0.2) is 16.9 Å². The number of carbonyl (C=O) groups is 2. The highest BCUT2D eigenvalue weighted by Gasteiger charge is 2.27. The molecule has 0 radical (unpaired) electrons. The number of thiophene rings is 1. The molecule has 0 unspecified atom stereocenters. The Labute approximate surface area is 92.7 Å². The van der Waals surface area contributed by atoms with Gasteiger partial charge in [-0.15, -0.1) is 11.3 Å². The number of hydrogen-bond donors (Lipinski definition) is 1. The van der Waals surface area contributed by atoms with Crippen LogP contribution < -0.4 is 0 Å². The Bertz CT molecular complexity index is 352. The smallest absolute Gasteiger partial charge is 0.309 e. The average Bonchev–Trinajstić information content (AvgIpc) is 2.66. The summed E-state index contributed by atoms with van der Waals surface area (Å²) in [5, 5.41) is 10.7. The molecule has 4 heteroatoms. The fourth-order valence-corrected chi connectivity index (χ4v) is 1.79. The standard InChI is InChI=1S/C11H14O3S/c1-11(2,10(13)14)6-5-8(12)9-4-3-7-15-9/h3-4,7H,5-6H2,1-2H3,(H,13,14). The van der Waals surface area contributed by atoms with Crippen molar-refractivity contribution in [1.29, 1.82) is 0 Å². The molecule has 1 aromatic heterocycles. The molecule has 1 rings (SSSR count). The Kier molecular flexibility index (Phi) is 3.63. The molecule has 0 aliphatic rings. The van der Waals surface area contributed by atoms with Crippen molar-refractivity contribution in [3.05, 3.63) is 22.4 Å². The summed E-state index contributed by atoms with van der Waals surface area (Å²) < 4.78 is 0. The predicted molar refractivity (Wildman–Crippen MR) is 59.3 cm³/mol. The Hall–Kier alpha value is -1.16. The number of carboxylic acids is 1. The Balaban J connectivity index is 2.51. The van der Waals surface area contributed by atoms with Crippen molar-refractivity contribution in [2.45, 2.75) is 26.7 Å². The maximum atomic E-state index is 11.6. The van der Waals surface area contributed by atoms with Gasteiger partial charge < -0.3 is 5.11 Å². The van der Waals surface area contributed by atoms with Crippen molar-refractivity contribution in [3.63, 3.8) is 0 Å². The maximum Gasteiger partial charge on any atom is 0.309 e. The molecule has 0 saturated carbocycles. The quantitative estimate of drug-likeness (QED) is 0.785. The van der Waals surface area contributed by atoms with Crippen LogP contribution in [0.5, 0.6) is 0 Å². The third-order valence-corrected chi connectivity index (χ3v) is 3.26. The van der Waals surface area contributed by atoms with Crippen molar-refractivity contribution in [2.24, 2.45) is 5.41 Å². The summed E-state index contributed by atoms with van der Waals surface area (Å²) in [6, 6.07) is 3.58. The first kappa shape index (κ1) is 11.9. The zero-order chi connectivity index (χ0) is 11.5. The Morgan fingerprint density at radius 1 is 1.47 bits per heavy atom. The van der Waals surface area contributed by atoms with Crippen LogP contribution in [0.15, 0.2) is 17.5 Å². The first-order valence-electron chi connectivity index (χ1n) is 4.73. The summed E-state index contributed by atoms with van der Waals surface area (Å²) in [5.41, 5.74) is -0.826. The summed E-state index contributed by atoms with van der Waals surface area (Å²) in [4.78, 5) is 23.1. The van der Waals surface area contributed by atoms with E-state index in [-0.39, 0.29) is 5.78 Å². The van der Waals surface area contributed by atoms with Gasteiger partial charge in [-0.3, -0.25) is 9.59 Å². The second-order valence-electron chi connectivity index (χ2n) is 4.09. The van der Waals surface area contributed by atoms with E-state index in [0.717, 1.165) is 0 Å². The molecule has 1 N–H and O–H groups in total. The lowest BCUT2D eigenvalue weighted by atomic mass is 9.87. The average molecular weight is 226 g/mol. The SMILES string of the molecule is CC(C)(CCC(=O)c1cccs1)C(=O)O. The van der Waals surface area contributed by atoms with Crippen LogP contribution >= 0.6 is 11.3 Å². The maximum absolute atomic E-state index is 11.6. The van der Waals surface area contributed by atoms with E-state index >= 15 is 0 Å². The molecule has 1 aromatic rings. The van der Waals surface area contributed by atoms with Gasteiger partial charge in [0.2, 0.25) is 0 Å². The summed E-state index contributed by atoms with van der Waals surface area (Å²) in [6.07, 6.45) is 0.666. The largest absolute Gasteiger partial charge is 0.481 e. The highest BCUT2D eigenvalue weighted by molar-refractivity contribution is 7.12. The fourth-order valence-electron chi connectivity index (χ4n) is 1.09. The fraction of sp³-hybridized carbons (Fsp3) is 0.455. The van der Waals surface area contributed by atoms with E-state index in [4.69, 9.17) is 5.11 Å².